The second kappa shape index (κ2) is 7.38. The van der Waals surface area contributed by atoms with Crippen molar-refractivity contribution in [2.75, 3.05) is 13.7 Å². The van der Waals surface area contributed by atoms with Crippen LogP contribution in [-0.2, 0) is 11.2 Å². The van der Waals surface area contributed by atoms with E-state index in [1.165, 1.54) is 0 Å². The summed E-state index contributed by atoms with van der Waals surface area (Å²) < 4.78 is 10.6. The number of carbonyl (C=O) groups excluding carboxylic acids is 1. The number of nitrogens with zero attached hydrogens (tertiary/aromatic N) is 1. The number of H-pyrrole nitrogens is 1. The van der Waals surface area contributed by atoms with E-state index in [1.807, 2.05) is 52.0 Å². The van der Waals surface area contributed by atoms with Crippen LogP contribution in [0.2, 0.25) is 0 Å². The van der Waals surface area contributed by atoms with E-state index in [0.717, 1.165) is 28.5 Å². The molecule has 2 rings (SSSR count). The van der Waals surface area contributed by atoms with Crippen LogP contribution in [0, 0.1) is 6.92 Å². The zero-order chi connectivity index (χ0) is 17.7. The molecule has 0 unspecified atom stereocenters. The lowest BCUT2D eigenvalue weighted by atomic mass is 10.1. The number of carbonyl (C=O) groups is 1. The zero-order valence-corrected chi connectivity index (χ0v) is 14.9. The number of imidazole rings is 1. The number of hydrogen-bond acceptors (Lipinski definition) is 4. The van der Waals surface area contributed by atoms with Gasteiger partial charge in [-0.2, -0.15) is 0 Å². The normalized spacial score (nSPS) is 11.2. The summed E-state index contributed by atoms with van der Waals surface area (Å²) in [7, 11) is 1.65. The van der Waals surface area contributed by atoms with Crippen LogP contribution in [0.4, 0.5) is 4.79 Å². The Balaban J connectivity index is 2.01. The van der Waals surface area contributed by atoms with Crippen molar-refractivity contribution in [1.82, 2.24) is 15.3 Å². The first-order chi connectivity index (χ1) is 11.3. The van der Waals surface area contributed by atoms with Gasteiger partial charge in [0.15, 0.2) is 0 Å². The second-order valence-corrected chi connectivity index (χ2v) is 6.54. The van der Waals surface area contributed by atoms with Gasteiger partial charge in [0.2, 0.25) is 0 Å². The summed E-state index contributed by atoms with van der Waals surface area (Å²) >= 11 is 0. The fourth-order valence-electron chi connectivity index (χ4n) is 2.34. The van der Waals surface area contributed by atoms with Crippen molar-refractivity contribution in [3.63, 3.8) is 0 Å². The summed E-state index contributed by atoms with van der Waals surface area (Å²) in [5.74, 6) is 1.59. The molecule has 0 fully saturated rings. The fraction of sp³-hybridized carbons (Fsp3) is 0.444. The molecule has 6 nitrogen and oxygen atoms in total. The fourth-order valence-corrected chi connectivity index (χ4v) is 2.34. The number of aromatic nitrogens is 2. The lowest BCUT2D eigenvalue weighted by molar-refractivity contribution is 0.0528. The van der Waals surface area contributed by atoms with E-state index in [9.17, 15) is 4.79 Å². The van der Waals surface area contributed by atoms with Crippen LogP contribution in [0.1, 0.15) is 32.3 Å². The average molecular weight is 331 g/mol. The molecule has 1 aromatic carbocycles. The van der Waals surface area contributed by atoms with Crippen LogP contribution in [0.3, 0.4) is 0 Å². The van der Waals surface area contributed by atoms with Crippen molar-refractivity contribution in [2.24, 2.45) is 0 Å². The third-order valence-electron chi connectivity index (χ3n) is 3.33. The van der Waals surface area contributed by atoms with Crippen LogP contribution in [0.15, 0.2) is 24.3 Å². The van der Waals surface area contributed by atoms with E-state index in [2.05, 4.69) is 15.3 Å². The molecule has 1 aromatic heterocycles. The molecule has 0 bridgehead atoms. The number of ether oxygens (including phenoxy) is 2. The number of hydrogen-bond donors (Lipinski definition) is 2. The van der Waals surface area contributed by atoms with Gasteiger partial charge >= 0.3 is 6.09 Å². The Hall–Kier alpha value is -2.50. The second-order valence-electron chi connectivity index (χ2n) is 6.54. The van der Waals surface area contributed by atoms with E-state index in [0.29, 0.717) is 13.0 Å². The first kappa shape index (κ1) is 17.8. The molecule has 0 spiro atoms. The Bertz CT molecular complexity index is 702. The molecule has 6 heteroatoms. The lowest BCUT2D eigenvalue weighted by Crippen LogP contribution is -2.33. The van der Waals surface area contributed by atoms with Crippen molar-refractivity contribution in [3.8, 4) is 17.0 Å². The maximum atomic E-state index is 11.6. The van der Waals surface area contributed by atoms with Crippen molar-refractivity contribution >= 4 is 6.09 Å². The van der Waals surface area contributed by atoms with E-state index in [-0.39, 0.29) is 0 Å². The molecule has 0 radical (unpaired) electrons. The van der Waals surface area contributed by atoms with Crippen LogP contribution < -0.4 is 10.1 Å². The molecule has 0 saturated heterocycles. The van der Waals surface area contributed by atoms with Crippen molar-refractivity contribution in [2.45, 2.75) is 39.7 Å². The topological polar surface area (TPSA) is 76.2 Å². The third-order valence-corrected chi connectivity index (χ3v) is 3.33. The highest BCUT2D eigenvalue weighted by Crippen LogP contribution is 2.30. The van der Waals surface area contributed by atoms with Crippen LogP contribution in [0.25, 0.3) is 11.3 Å². The Labute approximate surface area is 142 Å². The molecule has 0 aliphatic rings. The monoisotopic (exact) mass is 331 g/mol. The number of methoxy groups -OCH3 is 1. The maximum Gasteiger partial charge on any atom is 0.407 e. The summed E-state index contributed by atoms with van der Waals surface area (Å²) in [4.78, 5) is 19.5. The lowest BCUT2D eigenvalue weighted by Gasteiger charge is -2.19. The summed E-state index contributed by atoms with van der Waals surface area (Å²) in [6, 6.07) is 7.77. The molecule has 1 heterocycles. The first-order valence-electron chi connectivity index (χ1n) is 7.96. The van der Waals surface area contributed by atoms with E-state index >= 15 is 0 Å². The molecule has 130 valence electrons. The molecule has 0 saturated carbocycles. The summed E-state index contributed by atoms with van der Waals surface area (Å²) in [5.41, 5.74) is 2.27. The quantitative estimate of drug-likeness (QED) is 0.879. The molecule has 2 aromatic rings. The summed E-state index contributed by atoms with van der Waals surface area (Å²) in [6.45, 7) is 7.93. The highest BCUT2D eigenvalue weighted by atomic mass is 16.6. The van der Waals surface area contributed by atoms with Crippen molar-refractivity contribution in [1.29, 1.82) is 0 Å². The molecule has 1 amide bonds. The molecule has 0 aliphatic heterocycles. The minimum absolute atomic E-state index is 0.421. The maximum absolute atomic E-state index is 11.6. The average Bonchev–Trinajstić information content (AvgIpc) is 2.86. The Morgan fingerprint density at radius 3 is 2.67 bits per heavy atom. The number of rotatable bonds is 5. The summed E-state index contributed by atoms with van der Waals surface area (Å²) in [6.07, 6.45) is 0.172. The Morgan fingerprint density at radius 1 is 1.29 bits per heavy atom. The number of aryl methyl sites for hydroxylation is 1. The van der Waals surface area contributed by atoms with Crippen LogP contribution >= 0.6 is 0 Å². The highest BCUT2D eigenvalue weighted by molar-refractivity contribution is 5.69. The van der Waals surface area contributed by atoms with Gasteiger partial charge in [-0.1, -0.05) is 12.1 Å². The van der Waals surface area contributed by atoms with Gasteiger partial charge in [0.1, 0.15) is 17.2 Å². The number of benzene rings is 1. The van der Waals surface area contributed by atoms with E-state index in [1.54, 1.807) is 7.11 Å². The molecule has 2 N–H and O–H groups in total. The molecular weight excluding hydrogens is 306 g/mol. The number of aromatic amines is 1. The van der Waals surface area contributed by atoms with Gasteiger partial charge < -0.3 is 19.8 Å². The van der Waals surface area contributed by atoms with Gasteiger partial charge in [-0.05, 0) is 39.8 Å². The minimum Gasteiger partial charge on any atom is -0.496 e. The molecule has 0 aliphatic carbocycles. The van der Waals surface area contributed by atoms with Gasteiger partial charge in [-0.15, -0.1) is 0 Å². The van der Waals surface area contributed by atoms with Crippen LogP contribution in [-0.4, -0.2) is 35.3 Å². The van der Waals surface area contributed by atoms with Gasteiger partial charge in [0, 0.05) is 24.2 Å². The highest BCUT2D eigenvalue weighted by Gasteiger charge is 2.16. The molecular formula is C18H25N3O3. The Morgan fingerprint density at radius 2 is 2.00 bits per heavy atom. The molecule has 0 atom stereocenters. The van der Waals surface area contributed by atoms with Crippen molar-refractivity contribution in [3.05, 3.63) is 35.8 Å². The third kappa shape index (κ3) is 4.75. The van der Waals surface area contributed by atoms with Gasteiger partial charge in [0.25, 0.3) is 0 Å². The number of nitrogens with one attached hydrogen (secondary N) is 2. The van der Waals surface area contributed by atoms with Gasteiger partial charge in [-0.3, -0.25) is 0 Å². The minimum atomic E-state index is -0.498. The standard InChI is InChI=1S/C18H25N3O3/c1-12-16(13-8-6-7-9-14(13)23-5)21-15(20-12)10-11-19-17(22)24-18(2,3)4/h6-9H,10-11H2,1-5H3,(H,19,22)(H,20,21). The molecule has 24 heavy (non-hydrogen) atoms. The SMILES string of the molecule is COc1ccccc1-c1nc(CCNC(=O)OC(C)(C)C)[nH]c1C. The number of amides is 1. The predicted octanol–water partition coefficient (Wildman–Crippen LogP) is 3.46. The van der Waals surface area contributed by atoms with Gasteiger partial charge in [-0.25, -0.2) is 9.78 Å². The van der Waals surface area contributed by atoms with E-state index in [4.69, 9.17) is 9.47 Å². The largest absolute Gasteiger partial charge is 0.496 e. The smallest absolute Gasteiger partial charge is 0.407 e. The zero-order valence-electron chi connectivity index (χ0n) is 14.9. The number of para-hydroxylation sites is 1. The summed E-state index contributed by atoms with van der Waals surface area (Å²) in [5, 5.41) is 2.73. The van der Waals surface area contributed by atoms with E-state index < -0.39 is 11.7 Å². The van der Waals surface area contributed by atoms with Crippen molar-refractivity contribution < 1.29 is 14.3 Å². The number of alkyl carbamates (subject to hydrolysis) is 1. The van der Waals surface area contributed by atoms with Crippen LogP contribution in [0.5, 0.6) is 5.75 Å². The Kier molecular flexibility index (Phi) is 5.49. The first-order valence-corrected chi connectivity index (χ1v) is 7.96. The van der Waals surface area contributed by atoms with Gasteiger partial charge in [0.05, 0.1) is 12.8 Å². The predicted molar refractivity (Wildman–Crippen MR) is 93.3 cm³/mol.